The highest BCUT2D eigenvalue weighted by molar-refractivity contribution is 5.96. The molecular formula is C29H47N3O6. The summed E-state index contributed by atoms with van der Waals surface area (Å²) in [5.74, 6) is -0.210. The molecule has 0 heterocycles. The Morgan fingerprint density at radius 2 is 1.11 bits per heavy atom. The van der Waals surface area contributed by atoms with E-state index in [0.717, 1.165) is 0 Å². The van der Waals surface area contributed by atoms with Crippen molar-refractivity contribution >= 4 is 34.9 Å². The highest BCUT2D eigenvalue weighted by Gasteiger charge is 2.24. The van der Waals surface area contributed by atoms with Gasteiger partial charge >= 0.3 is 0 Å². The molecule has 0 aliphatic heterocycles. The van der Waals surface area contributed by atoms with Gasteiger partial charge in [0, 0.05) is 24.2 Å². The molecule has 9 nitrogen and oxygen atoms in total. The van der Waals surface area contributed by atoms with Crippen LogP contribution in [0.3, 0.4) is 0 Å². The number of nitrogens with one attached hydrogen (secondary N) is 3. The molecule has 38 heavy (non-hydrogen) atoms. The number of rotatable bonds is 17. The Morgan fingerprint density at radius 1 is 0.658 bits per heavy atom. The molecule has 0 saturated heterocycles. The van der Waals surface area contributed by atoms with Gasteiger partial charge in [-0.25, -0.2) is 5.48 Å². The molecule has 1 aromatic rings. The summed E-state index contributed by atoms with van der Waals surface area (Å²) in [6, 6.07) is 6.68. The molecule has 0 aromatic heterocycles. The van der Waals surface area contributed by atoms with E-state index in [0.29, 0.717) is 37.1 Å². The lowest BCUT2D eigenvalue weighted by atomic mass is 10.0. The number of hydrogen-bond donors (Lipinski definition) is 3. The first-order valence-corrected chi connectivity index (χ1v) is 13.6. The van der Waals surface area contributed by atoms with Gasteiger partial charge in [0.05, 0.1) is 0 Å². The van der Waals surface area contributed by atoms with Gasteiger partial charge in [0.25, 0.3) is 11.8 Å². The predicted molar refractivity (Wildman–Crippen MR) is 149 cm³/mol. The number of anilines is 2. The highest BCUT2D eigenvalue weighted by Crippen LogP contribution is 2.18. The van der Waals surface area contributed by atoms with Gasteiger partial charge in [-0.05, 0) is 60.8 Å². The third-order valence-electron chi connectivity index (χ3n) is 5.37. The summed E-state index contributed by atoms with van der Waals surface area (Å²) in [6.45, 7) is 15.6. The monoisotopic (exact) mass is 533 g/mol. The van der Waals surface area contributed by atoms with Crippen molar-refractivity contribution in [1.29, 1.82) is 0 Å². The molecule has 214 valence electrons. The van der Waals surface area contributed by atoms with E-state index in [1.807, 2.05) is 55.4 Å². The molecule has 3 N–H and O–H groups in total. The topological polar surface area (TPSA) is 123 Å². The molecule has 0 radical (unpaired) electrons. The van der Waals surface area contributed by atoms with Gasteiger partial charge in [-0.2, -0.15) is 0 Å². The van der Waals surface area contributed by atoms with Gasteiger partial charge in [0.15, 0.2) is 11.9 Å². The molecule has 0 bridgehead atoms. The minimum atomic E-state index is -0.849. The van der Waals surface area contributed by atoms with Gasteiger partial charge in [-0.1, -0.05) is 55.4 Å². The number of amides is 3. The second kappa shape index (κ2) is 16.9. The van der Waals surface area contributed by atoms with Crippen molar-refractivity contribution in [2.75, 3.05) is 17.2 Å². The summed E-state index contributed by atoms with van der Waals surface area (Å²) in [5, 5.41) is 5.63. The molecule has 1 aromatic carbocycles. The van der Waals surface area contributed by atoms with Crippen LogP contribution in [0.25, 0.3) is 0 Å². The van der Waals surface area contributed by atoms with Gasteiger partial charge in [0.2, 0.25) is 5.91 Å². The number of hydroxylamine groups is 1. The second-order valence-electron chi connectivity index (χ2n) is 11.5. The fourth-order valence-corrected chi connectivity index (χ4v) is 3.66. The number of carbonyl (C=O) groups is 4. The van der Waals surface area contributed by atoms with Crippen LogP contribution < -0.4 is 16.1 Å². The van der Waals surface area contributed by atoms with Gasteiger partial charge in [0.1, 0.15) is 12.7 Å². The Hall–Kier alpha value is -2.78. The standard InChI is InChI=1S/C29H47N3O6/c1-18(2)13-24(33)17-37-25(14-19(3)4)28(35)30-22-9-11-23(12-10-22)31-29(36)26(15-20(5)6)38-32-27(34)16-21(7)8/h9-12,18-21,25-26H,13-17H2,1-8H3,(H,30,35)(H,31,36)(H,32,34)/t25-,26-/m1/s1. The summed E-state index contributed by atoms with van der Waals surface area (Å²) in [4.78, 5) is 55.1. The summed E-state index contributed by atoms with van der Waals surface area (Å²) in [7, 11) is 0. The van der Waals surface area contributed by atoms with Crippen LogP contribution in [0.2, 0.25) is 0 Å². The summed E-state index contributed by atoms with van der Waals surface area (Å²) in [5.41, 5.74) is 3.45. The summed E-state index contributed by atoms with van der Waals surface area (Å²) in [6.07, 6.45) is 0.0405. The first-order valence-electron chi connectivity index (χ1n) is 13.6. The van der Waals surface area contributed by atoms with Crippen LogP contribution in [0.4, 0.5) is 11.4 Å². The van der Waals surface area contributed by atoms with E-state index in [1.165, 1.54) is 0 Å². The number of carbonyl (C=O) groups excluding carboxylic acids is 4. The maximum Gasteiger partial charge on any atom is 0.256 e. The quantitative estimate of drug-likeness (QED) is 0.239. The van der Waals surface area contributed by atoms with E-state index < -0.39 is 12.2 Å². The van der Waals surface area contributed by atoms with E-state index in [4.69, 9.17) is 9.57 Å². The summed E-state index contributed by atoms with van der Waals surface area (Å²) >= 11 is 0. The lowest BCUT2D eigenvalue weighted by Gasteiger charge is -2.20. The third-order valence-corrected chi connectivity index (χ3v) is 5.37. The summed E-state index contributed by atoms with van der Waals surface area (Å²) < 4.78 is 5.68. The molecule has 0 fully saturated rings. The van der Waals surface area contributed by atoms with E-state index in [1.54, 1.807) is 24.3 Å². The molecule has 0 spiro atoms. The smallest absolute Gasteiger partial charge is 0.256 e. The first-order chi connectivity index (χ1) is 17.8. The lowest BCUT2D eigenvalue weighted by molar-refractivity contribution is -0.147. The van der Waals surface area contributed by atoms with Crippen LogP contribution in [0.15, 0.2) is 24.3 Å². The maximum absolute atomic E-state index is 12.9. The Morgan fingerprint density at radius 3 is 1.55 bits per heavy atom. The van der Waals surface area contributed by atoms with Crippen molar-refractivity contribution in [3.8, 4) is 0 Å². The number of ketones is 1. The van der Waals surface area contributed by atoms with Gasteiger partial charge in [-0.3, -0.25) is 24.0 Å². The van der Waals surface area contributed by atoms with Crippen molar-refractivity contribution < 1.29 is 28.8 Å². The Balaban J connectivity index is 2.76. The molecule has 9 heteroatoms. The molecule has 0 unspecified atom stereocenters. The molecular weight excluding hydrogens is 486 g/mol. The zero-order valence-corrected chi connectivity index (χ0v) is 24.3. The van der Waals surface area contributed by atoms with Crippen molar-refractivity contribution in [1.82, 2.24) is 5.48 Å². The van der Waals surface area contributed by atoms with E-state index in [2.05, 4.69) is 16.1 Å². The third kappa shape index (κ3) is 14.2. The Bertz CT molecular complexity index is 823. The van der Waals surface area contributed by atoms with Gasteiger partial charge in [-0.15, -0.1) is 0 Å². The zero-order valence-electron chi connectivity index (χ0n) is 24.3. The van der Waals surface area contributed by atoms with Crippen molar-refractivity contribution in [2.24, 2.45) is 23.7 Å². The highest BCUT2D eigenvalue weighted by atomic mass is 16.7. The fraction of sp³-hybridized carbons (Fsp3) is 0.655. The second-order valence-corrected chi connectivity index (χ2v) is 11.5. The number of hydrogen-bond acceptors (Lipinski definition) is 6. The van der Waals surface area contributed by atoms with E-state index in [9.17, 15) is 19.2 Å². The number of Topliss-reactive ketones (excluding diaryl/α,β-unsaturated/α-hetero) is 1. The van der Waals surface area contributed by atoms with E-state index >= 15 is 0 Å². The van der Waals surface area contributed by atoms with Crippen LogP contribution in [0, 0.1) is 23.7 Å². The van der Waals surface area contributed by atoms with Crippen LogP contribution in [-0.4, -0.2) is 42.3 Å². The predicted octanol–water partition coefficient (Wildman–Crippen LogP) is 5.12. The minimum absolute atomic E-state index is 0.0270. The van der Waals surface area contributed by atoms with Crippen molar-refractivity contribution in [3.63, 3.8) is 0 Å². The van der Waals surface area contributed by atoms with Crippen LogP contribution in [0.1, 0.15) is 81.1 Å². The fourth-order valence-electron chi connectivity index (χ4n) is 3.66. The zero-order chi connectivity index (χ0) is 28.8. The average Bonchev–Trinajstić information content (AvgIpc) is 2.79. The number of ether oxygens (including phenoxy) is 1. The SMILES string of the molecule is CC(C)CC(=O)CO[C@H](CC(C)C)C(=O)Nc1ccc(NC(=O)[C@@H](CC(C)C)ONC(=O)CC(C)C)cc1. The Labute approximate surface area is 227 Å². The molecule has 1 rings (SSSR count). The molecule has 3 amide bonds. The largest absolute Gasteiger partial charge is 0.361 e. The van der Waals surface area contributed by atoms with Crippen LogP contribution in [0.5, 0.6) is 0 Å². The van der Waals surface area contributed by atoms with Crippen molar-refractivity contribution in [3.05, 3.63) is 24.3 Å². The van der Waals surface area contributed by atoms with Crippen molar-refractivity contribution in [2.45, 2.75) is 93.3 Å². The Kier molecular flexibility index (Phi) is 14.8. The van der Waals surface area contributed by atoms with Crippen LogP contribution >= 0.6 is 0 Å². The molecule has 0 aliphatic carbocycles. The normalized spacial score (nSPS) is 13.1. The van der Waals surface area contributed by atoms with Crippen LogP contribution in [-0.2, 0) is 28.8 Å². The first kappa shape index (κ1) is 33.2. The molecule has 0 saturated carbocycles. The number of benzene rings is 1. The average molecular weight is 534 g/mol. The lowest BCUT2D eigenvalue weighted by Crippen LogP contribution is -2.38. The van der Waals surface area contributed by atoms with E-state index in [-0.39, 0.29) is 53.8 Å². The maximum atomic E-state index is 12.9. The minimum Gasteiger partial charge on any atom is -0.361 e. The van der Waals surface area contributed by atoms with Gasteiger partial charge < -0.3 is 15.4 Å². The molecule has 0 aliphatic rings. The molecule has 2 atom stereocenters.